The molecule has 0 aliphatic heterocycles. The van der Waals surface area contributed by atoms with Gasteiger partial charge < -0.3 is 5.32 Å². The Bertz CT molecular complexity index is 820. The molecular weight excluding hydrogens is 323 g/mol. The molecule has 2 aromatic rings. The summed E-state index contributed by atoms with van der Waals surface area (Å²) in [5.41, 5.74) is 0.825. The highest BCUT2D eigenvalue weighted by molar-refractivity contribution is 7.90. The molecule has 0 unspecified atom stereocenters. The van der Waals surface area contributed by atoms with Gasteiger partial charge in [-0.2, -0.15) is 0 Å². The summed E-state index contributed by atoms with van der Waals surface area (Å²) in [6.07, 6.45) is 1.54. The van der Waals surface area contributed by atoms with Gasteiger partial charge in [0, 0.05) is 18.9 Å². The summed E-state index contributed by atoms with van der Waals surface area (Å²) >= 11 is 0. The third-order valence-corrected chi connectivity index (χ3v) is 4.35. The van der Waals surface area contributed by atoms with Crippen molar-refractivity contribution in [3.05, 3.63) is 64.0 Å². The van der Waals surface area contributed by atoms with Gasteiger partial charge in [0.2, 0.25) is 0 Å². The molecule has 0 aliphatic rings. The fourth-order valence-electron chi connectivity index (χ4n) is 2.04. The molecule has 0 aliphatic carbocycles. The minimum Gasteiger partial charge on any atom is -0.379 e. The molecule has 0 heterocycles. The Morgan fingerprint density at radius 1 is 1.17 bits per heavy atom. The number of hydrogen-bond donors (Lipinski definition) is 1. The number of anilines is 1. The van der Waals surface area contributed by atoms with Gasteiger partial charge in [-0.3, -0.25) is 10.1 Å². The summed E-state index contributed by atoms with van der Waals surface area (Å²) in [7, 11) is -3.51. The van der Waals surface area contributed by atoms with Crippen molar-refractivity contribution in [3.63, 3.8) is 0 Å². The minimum absolute atomic E-state index is 0.103. The van der Waals surface area contributed by atoms with Gasteiger partial charge in [-0.15, -0.1) is 0 Å². The predicted molar refractivity (Wildman–Crippen MR) is 84.8 cm³/mol. The first-order chi connectivity index (χ1) is 10.8. The van der Waals surface area contributed by atoms with Crippen LogP contribution in [0.3, 0.4) is 0 Å². The van der Waals surface area contributed by atoms with Crippen LogP contribution in [0.5, 0.6) is 0 Å². The van der Waals surface area contributed by atoms with Crippen molar-refractivity contribution < 1.29 is 17.7 Å². The van der Waals surface area contributed by atoms with Crippen LogP contribution < -0.4 is 5.32 Å². The molecule has 122 valence electrons. The molecule has 0 saturated carbocycles. The van der Waals surface area contributed by atoms with Crippen LogP contribution in [0.4, 0.5) is 15.8 Å². The van der Waals surface area contributed by atoms with Gasteiger partial charge in [-0.25, -0.2) is 12.8 Å². The highest BCUT2D eigenvalue weighted by Crippen LogP contribution is 2.27. The maximum Gasteiger partial charge on any atom is 0.293 e. The van der Waals surface area contributed by atoms with E-state index in [-0.39, 0.29) is 22.1 Å². The third-order valence-electron chi connectivity index (χ3n) is 3.24. The molecule has 6 nitrogen and oxygen atoms in total. The van der Waals surface area contributed by atoms with Crippen LogP contribution in [-0.4, -0.2) is 26.1 Å². The molecule has 0 atom stereocenters. The van der Waals surface area contributed by atoms with Gasteiger partial charge in [0.05, 0.1) is 9.82 Å². The minimum atomic E-state index is -3.51. The lowest BCUT2D eigenvalue weighted by Crippen LogP contribution is -2.08. The molecule has 0 aromatic heterocycles. The number of rotatable bonds is 6. The topological polar surface area (TPSA) is 89.3 Å². The van der Waals surface area contributed by atoms with Gasteiger partial charge in [0.25, 0.3) is 5.69 Å². The lowest BCUT2D eigenvalue weighted by atomic mass is 10.1. The Kier molecular flexibility index (Phi) is 4.95. The maximum atomic E-state index is 12.8. The zero-order valence-corrected chi connectivity index (χ0v) is 13.1. The quantitative estimate of drug-likeness (QED) is 0.646. The predicted octanol–water partition coefficient (Wildman–Crippen LogP) is 2.79. The SMILES string of the molecule is CS(=O)(=O)c1ccc(NCCc2ccc(F)cc2)c([N+](=O)[O-])c1. The number of benzene rings is 2. The highest BCUT2D eigenvalue weighted by atomic mass is 32.2. The first-order valence-electron chi connectivity index (χ1n) is 6.74. The van der Waals surface area contributed by atoms with Crippen molar-refractivity contribution >= 4 is 21.2 Å². The van der Waals surface area contributed by atoms with E-state index in [9.17, 15) is 22.9 Å². The van der Waals surface area contributed by atoms with Gasteiger partial charge in [-0.1, -0.05) is 12.1 Å². The summed E-state index contributed by atoms with van der Waals surface area (Å²) in [4.78, 5) is 10.4. The summed E-state index contributed by atoms with van der Waals surface area (Å²) in [6, 6.07) is 9.70. The monoisotopic (exact) mass is 338 g/mol. The van der Waals surface area contributed by atoms with Crippen molar-refractivity contribution in [3.8, 4) is 0 Å². The molecule has 0 saturated heterocycles. The summed E-state index contributed by atoms with van der Waals surface area (Å²) in [6.45, 7) is 0.394. The molecule has 2 rings (SSSR count). The number of nitrogens with zero attached hydrogens (tertiary/aromatic N) is 1. The summed E-state index contributed by atoms with van der Waals surface area (Å²) < 4.78 is 35.8. The second-order valence-corrected chi connectivity index (χ2v) is 7.03. The fourth-order valence-corrected chi connectivity index (χ4v) is 2.68. The van der Waals surface area contributed by atoms with E-state index in [0.717, 1.165) is 17.9 Å². The zero-order valence-electron chi connectivity index (χ0n) is 12.3. The zero-order chi connectivity index (χ0) is 17.0. The normalized spacial score (nSPS) is 11.2. The lowest BCUT2D eigenvalue weighted by Gasteiger charge is -2.08. The van der Waals surface area contributed by atoms with Crippen molar-refractivity contribution in [2.75, 3.05) is 18.1 Å². The molecule has 2 aromatic carbocycles. The second-order valence-electron chi connectivity index (χ2n) is 5.01. The Balaban J connectivity index is 2.13. The molecule has 0 amide bonds. The van der Waals surface area contributed by atoms with Crippen LogP contribution in [-0.2, 0) is 16.3 Å². The van der Waals surface area contributed by atoms with Crippen LogP contribution in [0.2, 0.25) is 0 Å². The number of halogens is 1. The largest absolute Gasteiger partial charge is 0.379 e. The van der Waals surface area contributed by atoms with Crippen molar-refractivity contribution in [1.29, 1.82) is 0 Å². The Morgan fingerprint density at radius 2 is 1.83 bits per heavy atom. The van der Waals surface area contributed by atoms with Crippen LogP contribution in [0.15, 0.2) is 47.4 Å². The molecule has 8 heteroatoms. The standard InChI is InChI=1S/C15H15FN2O4S/c1-23(21,22)13-6-7-14(15(10-13)18(19)20)17-9-8-11-2-4-12(16)5-3-11/h2-7,10,17H,8-9H2,1H3. The van der Waals surface area contributed by atoms with Crippen molar-refractivity contribution in [2.24, 2.45) is 0 Å². The number of nitrogens with one attached hydrogen (secondary N) is 1. The van der Waals surface area contributed by atoms with E-state index in [1.54, 1.807) is 12.1 Å². The fraction of sp³-hybridized carbons (Fsp3) is 0.200. The Hall–Kier alpha value is -2.48. The molecular formula is C15H15FN2O4S. The molecule has 0 spiro atoms. The summed E-state index contributed by atoms with van der Waals surface area (Å²) in [5.74, 6) is -0.325. The van der Waals surface area contributed by atoms with E-state index in [2.05, 4.69) is 5.32 Å². The first kappa shape index (κ1) is 16.9. The van der Waals surface area contributed by atoms with Gasteiger partial charge in [-0.05, 0) is 36.2 Å². The first-order valence-corrected chi connectivity index (χ1v) is 8.63. The molecule has 0 radical (unpaired) electrons. The number of hydrogen-bond acceptors (Lipinski definition) is 5. The van der Waals surface area contributed by atoms with Crippen LogP contribution >= 0.6 is 0 Å². The van der Waals surface area contributed by atoms with Gasteiger partial charge in [0.15, 0.2) is 9.84 Å². The van der Waals surface area contributed by atoms with Gasteiger partial charge in [0.1, 0.15) is 11.5 Å². The average Bonchev–Trinajstić information content (AvgIpc) is 2.48. The molecule has 0 bridgehead atoms. The average molecular weight is 338 g/mol. The Labute approximate surface area is 133 Å². The van der Waals surface area contributed by atoms with E-state index >= 15 is 0 Å². The van der Waals surface area contributed by atoms with Crippen molar-refractivity contribution in [2.45, 2.75) is 11.3 Å². The number of nitro groups is 1. The second kappa shape index (κ2) is 6.74. The van der Waals surface area contributed by atoms with Crippen LogP contribution in [0.25, 0.3) is 0 Å². The molecule has 23 heavy (non-hydrogen) atoms. The lowest BCUT2D eigenvalue weighted by molar-refractivity contribution is -0.384. The van der Waals surface area contributed by atoms with Crippen LogP contribution in [0.1, 0.15) is 5.56 Å². The Morgan fingerprint density at radius 3 is 2.39 bits per heavy atom. The van der Waals surface area contributed by atoms with E-state index in [0.29, 0.717) is 13.0 Å². The van der Waals surface area contributed by atoms with E-state index in [4.69, 9.17) is 0 Å². The third kappa shape index (κ3) is 4.49. The van der Waals surface area contributed by atoms with Crippen LogP contribution in [0, 0.1) is 15.9 Å². The van der Waals surface area contributed by atoms with E-state index in [1.165, 1.54) is 24.3 Å². The smallest absolute Gasteiger partial charge is 0.293 e. The van der Waals surface area contributed by atoms with Gasteiger partial charge >= 0.3 is 0 Å². The molecule has 0 fully saturated rings. The van der Waals surface area contributed by atoms with E-state index < -0.39 is 14.8 Å². The maximum absolute atomic E-state index is 12.8. The molecule has 1 N–H and O–H groups in total. The number of sulfone groups is 1. The highest BCUT2D eigenvalue weighted by Gasteiger charge is 2.18. The number of nitro benzene ring substituents is 1. The van der Waals surface area contributed by atoms with E-state index in [1.807, 2.05) is 0 Å². The summed E-state index contributed by atoms with van der Waals surface area (Å²) in [5, 5.41) is 14.0. The van der Waals surface area contributed by atoms with Crippen molar-refractivity contribution in [1.82, 2.24) is 0 Å².